The first kappa shape index (κ1) is 26.3. The lowest BCUT2D eigenvalue weighted by Gasteiger charge is -2.28. The van der Waals surface area contributed by atoms with Gasteiger partial charge in [-0.05, 0) is 86.9 Å². The summed E-state index contributed by atoms with van der Waals surface area (Å²) in [5.41, 5.74) is 9.73. The summed E-state index contributed by atoms with van der Waals surface area (Å²) >= 11 is 0. The Morgan fingerprint density at radius 1 is 0.326 bits per heavy atom. The molecule has 9 rings (SSSR count). The third-order valence-electron chi connectivity index (χ3n) is 9.00. The second-order valence-corrected chi connectivity index (χ2v) is 11.8. The van der Waals surface area contributed by atoms with Gasteiger partial charge in [-0.3, -0.25) is 0 Å². The third-order valence-corrected chi connectivity index (χ3v) is 9.00. The molecule has 0 atom stereocenters. The summed E-state index contributed by atoms with van der Waals surface area (Å²) in [7, 11) is 0. The molecule has 0 unspecified atom stereocenters. The fourth-order valence-electron chi connectivity index (χ4n) is 6.75. The first-order valence-corrected chi connectivity index (χ1v) is 15.7. The fraction of sp³-hybridized carbons (Fsp3) is 0. The standard InChI is InChI=1S/C44H29NO/c1-2-11-30(12-3-1)33-16-10-17-37(27-33)45(38-23-24-41-40-19-8-9-20-43(40)46-44(41)29-38)42-28-36(26-35-15-6-7-18-39(35)42)34-22-21-31-13-4-5-14-32(31)25-34/h1-29H. The van der Waals surface area contributed by atoms with Gasteiger partial charge in [0.05, 0.1) is 5.69 Å². The first-order valence-electron chi connectivity index (χ1n) is 15.7. The van der Waals surface area contributed by atoms with Crippen molar-refractivity contribution in [1.82, 2.24) is 0 Å². The van der Waals surface area contributed by atoms with E-state index in [4.69, 9.17) is 4.42 Å². The van der Waals surface area contributed by atoms with Crippen molar-refractivity contribution in [3.8, 4) is 22.3 Å². The summed E-state index contributed by atoms with van der Waals surface area (Å²) in [6.07, 6.45) is 0. The summed E-state index contributed by atoms with van der Waals surface area (Å²) in [5, 5.41) is 7.10. The van der Waals surface area contributed by atoms with Crippen LogP contribution in [-0.2, 0) is 0 Å². The van der Waals surface area contributed by atoms with E-state index in [0.29, 0.717) is 0 Å². The van der Waals surface area contributed by atoms with E-state index in [0.717, 1.165) is 39.0 Å². The maximum absolute atomic E-state index is 6.40. The maximum atomic E-state index is 6.40. The maximum Gasteiger partial charge on any atom is 0.137 e. The van der Waals surface area contributed by atoms with Gasteiger partial charge in [0.15, 0.2) is 0 Å². The zero-order valence-corrected chi connectivity index (χ0v) is 25.1. The van der Waals surface area contributed by atoms with Gasteiger partial charge in [-0.2, -0.15) is 0 Å². The van der Waals surface area contributed by atoms with Crippen LogP contribution in [0.5, 0.6) is 0 Å². The first-order chi connectivity index (χ1) is 22.8. The molecule has 0 saturated carbocycles. The number of furan rings is 1. The second kappa shape index (κ2) is 10.8. The van der Waals surface area contributed by atoms with Crippen LogP contribution in [0.3, 0.4) is 0 Å². The molecule has 0 aliphatic rings. The highest BCUT2D eigenvalue weighted by Crippen LogP contribution is 2.44. The van der Waals surface area contributed by atoms with E-state index in [9.17, 15) is 0 Å². The van der Waals surface area contributed by atoms with Gasteiger partial charge in [-0.25, -0.2) is 0 Å². The SMILES string of the molecule is c1ccc(-c2cccc(N(c3ccc4c(c3)oc3ccccc34)c3cc(-c4ccc5ccccc5c4)cc4ccccc34)c2)cc1. The smallest absolute Gasteiger partial charge is 0.137 e. The van der Waals surface area contributed by atoms with Crippen LogP contribution in [0.25, 0.3) is 65.7 Å². The van der Waals surface area contributed by atoms with Gasteiger partial charge in [-0.1, -0.05) is 121 Å². The van der Waals surface area contributed by atoms with E-state index in [-0.39, 0.29) is 0 Å². The Morgan fingerprint density at radius 3 is 1.87 bits per heavy atom. The normalized spacial score (nSPS) is 11.5. The average Bonchev–Trinajstić information content (AvgIpc) is 3.50. The molecule has 8 aromatic carbocycles. The summed E-state index contributed by atoms with van der Waals surface area (Å²) in [5.74, 6) is 0. The number of benzene rings is 8. The topological polar surface area (TPSA) is 16.4 Å². The van der Waals surface area contributed by atoms with E-state index in [1.54, 1.807) is 0 Å². The minimum Gasteiger partial charge on any atom is -0.456 e. The Bertz CT molecular complexity index is 2540. The predicted octanol–water partition coefficient (Wildman–Crippen LogP) is 12.7. The van der Waals surface area contributed by atoms with Gasteiger partial charge in [0.25, 0.3) is 0 Å². The minimum atomic E-state index is 0.873. The Morgan fingerprint density at radius 2 is 0.978 bits per heavy atom. The lowest BCUT2D eigenvalue weighted by molar-refractivity contribution is 0.669. The summed E-state index contributed by atoms with van der Waals surface area (Å²) in [6, 6.07) is 62.9. The van der Waals surface area contributed by atoms with Crippen molar-refractivity contribution in [1.29, 1.82) is 0 Å². The van der Waals surface area contributed by atoms with Gasteiger partial charge in [0.1, 0.15) is 11.2 Å². The highest BCUT2D eigenvalue weighted by atomic mass is 16.3. The molecule has 0 aliphatic carbocycles. The van der Waals surface area contributed by atoms with Crippen molar-refractivity contribution >= 4 is 60.5 Å². The number of fused-ring (bicyclic) bond motifs is 5. The van der Waals surface area contributed by atoms with E-state index in [1.807, 2.05) is 12.1 Å². The molecule has 0 aliphatic heterocycles. The fourth-order valence-corrected chi connectivity index (χ4v) is 6.75. The van der Waals surface area contributed by atoms with Gasteiger partial charge >= 0.3 is 0 Å². The van der Waals surface area contributed by atoms with E-state index in [1.165, 1.54) is 43.8 Å². The average molecular weight is 588 g/mol. The quantitative estimate of drug-likeness (QED) is 0.199. The van der Waals surface area contributed by atoms with Crippen LogP contribution in [0, 0.1) is 0 Å². The molecule has 9 aromatic rings. The highest BCUT2D eigenvalue weighted by Gasteiger charge is 2.19. The molecule has 0 bridgehead atoms. The number of hydrogen-bond donors (Lipinski definition) is 0. The van der Waals surface area contributed by atoms with Gasteiger partial charge in [0, 0.05) is 33.6 Å². The van der Waals surface area contributed by atoms with Crippen molar-refractivity contribution in [3.63, 3.8) is 0 Å². The van der Waals surface area contributed by atoms with E-state index >= 15 is 0 Å². The molecule has 2 heteroatoms. The zero-order valence-electron chi connectivity index (χ0n) is 25.1. The van der Waals surface area contributed by atoms with E-state index < -0.39 is 0 Å². The number of hydrogen-bond acceptors (Lipinski definition) is 2. The van der Waals surface area contributed by atoms with Crippen molar-refractivity contribution in [2.75, 3.05) is 4.90 Å². The van der Waals surface area contributed by atoms with Crippen LogP contribution >= 0.6 is 0 Å². The van der Waals surface area contributed by atoms with Crippen LogP contribution in [-0.4, -0.2) is 0 Å². The molecule has 216 valence electrons. The van der Waals surface area contributed by atoms with Crippen LogP contribution in [0.15, 0.2) is 180 Å². The van der Waals surface area contributed by atoms with Crippen LogP contribution in [0.1, 0.15) is 0 Å². The molecule has 0 amide bonds. The Kier molecular flexibility index (Phi) is 6.17. The van der Waals surface area contributed by atoms with Crippen LogP contribution in [0.2, 0.25) is 0 Å². The molecule has 0 N–H and O–H groups in total. The second-order valence-electron chi connectivity index (χ2n) is 11.8. The number of nitrogens with zero attached hydrogens (tertiary/aromatic N) is 1. The molecular formula is C44H29NO. The number of para-hydroxylation sites is 1. The minimum absolute atomic E-state index is 0.873. The largest absolute Gasteiger partial charge is 0.456 e. The Hall–Kier alpha value is -6.12. The van der Waals surface area contributed by atoms with Gasteiger partial charge in [-0.15, -0.1) is 0 Å². The van der Waals surface area contributed by atoms with E-state index in [2.05, 4.69) is 169 Å². The molecule has 1 aromatic heterocycles. The predicted molar refractivity (Wildman–Crippen MR) is 194 cm³/mol. The molecule has 2 nitrogen and oxygen atoms in total. The van der Waals surface area contributed by atoms with Crippen LogP contribution < -0.4 is 4.90 Å². The van der Waals surface area contributed by atoms with Crippen molar-refractivity contribution < 1.29 is 4.42 Å². The molecule has 0 radical (unpaired) electrons. The number of rotatable bonds is 5. The molecule has 0 fully saturated rings. The molecule has 0 saturated heterocycles. The number of anilines is 3. The molecule has 0 spiro atoms. The van der Waals surface area contributed by atoms with Gasteiger partial charge < -0.3 is 9.32 Å². The van der Waals surface area contributed by atoms with Crippen molar-refractivity contribution in [2.24, 2.45) is 0 Å². The molecular weight excluding hydrogens is 558 g/mol. The van der Waals surface area contributed by atoms with Gasteiger partial charge in [0.2, 0.25) is 0 Å². The Labute approximate surface area is 267 Å². The summed E-state index contributed by atoms with van der Waals surface area (Å²) in [6.45, 7) is 0. The summed E-state index contributed by atoms with van der Waals surface area (Å²) in [4.78, 5) is 2.38. The monoisotopic (exact) mass is 587 g/mol. The summed E-state index contributed by atoms with van der Waals surface area (Å²) < 4.78 is 6.40. The van der Waals surface area contributed by atoms with Crippen LogP contribution in [0.4, 0.5) is 17.1 Å². The Balaban J connectivity index is 1.30. The lowest BCUT2D eigenvalue weighted by atomic mass is 9.96. The van der Waals surface area contributed by atoms with Crippen molar-refractivity contribution in [2.45, 2.75) is 0 Å². The third kappa shape index (κ3) is 4.51. The lowest BCUT2D eigenvalue weighted by Crippen LogP contribution is -2.11. The highest BCUT2D eigenvalue weighted by molar-refractivity contribution is 6.07. The zero-order chi connectivity index (χ0) is 30.5. The molecule has 1 heterocycles. The van der Waals surface area contributed by atoms with Crippen molar-refractivity contribution in [3.05, 3.63) is 176 Å². The molecule has 46 heavy (non-hydrogen) atoms.